The number of alkyl halides is 3. The van der Waals surface area contributed by atoms with E-state index in [1.165, 1.54) is 0 Å². The van der Waals surface area contributed by atoms with Crippen LogP contribution in [0.15, 0.2) is 36.4 Å². The molecule has 1 aliphatic rings. The number of hydrogen-bond donors (Lipinski definition) is 1. The van der Waals surface area contributed by atoms with E-state index in [0.717, 1.165) is 18.2 Å². The number of nitrogens with one attached hydrogen (secondary N) is 1. The summed E-state index contributed by atoms with van der Waals surface area (Å²) < 4.78 is 49.7. The number of anilines is 1. The lowest BCUT2D eigenvalue weighted by atomic mass is 9.83. The molecule has 27 heavy (non-hydrogen) atoms. The number of fused-ring (bicyclic) bond motifs is 1. The molecule has 0 saturated heterocycles. The molecule has 144 valence electrons. The first kappa shape index (κ1) is 19.4. The fourth-order valence-electron chi connectivity index (χ4n) is 2.64. The molecule has 0 bridgehead atoms. The Hall–Kier alpha value is -2.41. The van der Waals surface area contributed by atoms with Crippen LogP contribution in [0.1, 0.15) is 25.0 Å². The Labute approximate surface area is 159 Å². The third-order valence-corrected chi connectivity index (χ3v) is 4.70. The van der Waals surface area contributed by atoms with E-state index in [9.17, 15) is 18.0 Å². The predicted molar refractivity (Wildman–Crippen MR) is 95.5 cm³/mol. The molecule has 4 nitrogen and oxygen atoms in total. The van der Waals surface area contributed by atoms with Gasteiger partial charge in [-0.25, -0.2) is 0 Å². The molecule has 0 atom stereocenters. The van der Waals surface area contributed by atoms with Crippen LogP contribution in [0.2, 0.25) is 5.02 Å². The van der Waals surface area contributed by atoms with Crippen molar-refractivity contribution in [2.75, 3.05) is 18.5 Å². The van der Waals surface area contributed by atoms with Gasteiger partial charge in [-0.1, -0.05) is 17.7 Å². The average Bonchev–Trinajstić information content (AvgIpc) is 2.62. The zero-order valence-electron chi connectivity index (χ0n) is 14.6. The molecule has 0 aromatic heterocycles. The zero-order chi connectivity index (χ0) is 19.8. The van der Waals surface area contributed by atoms with Gasteiger partial charge in [0.2, 0.25) is 5.91 Å². The van der Waals surface area contributed by atoms with E-state index in [4.69, 9.17) is 21.1 Å². The Kier molecular flexibility index (Phi) is 4.99. The van der Waals surface area contributed by atoms with Gasteiger partial charge in [-0.3, -0.25) is 4.79 Å². The normalized spacial score (nSPS) is 14.0. The van der Waals surface area contributed by atoms with Gasteiger partial charge in [0.25, 0.3) is 0 Å². The van der Waals surface area contributed by atoms with Gasteiger partial charge < -0.3 is 14.8 Å². The van der Waals surface area contributed by atoms with Gasteiger partial charge in [-0.05, 0) is 49.7 Å². The second-order valence-electron chi connectivity index (χ2n) is 6.63. The van der Waals surface area contributed by atoms with Crippen LogP contribution < -0.4 is 14.8 Å². The summed E-state index contributed by atoms with van der Waals surface area (Å²) in [5.41, 5.74) is -1.40. The van der Waals surface area contributed by atoms with Crippen LogP contribution >= 0.6 is 11.6 Å². The minimum absolute atomic E-state index is 0.0225. The van der Waals surface area contributed by atoms with Crippen molar-refractivity contribution in [1.29, 1.82) is 0 Å². The lowest BCUT2D eigenvalue weighted by Crippen LogP contribution is -2.35. The van der Waals surface area contributed by atoms with E-state index in [0.29, 0.717) is 30.3 Å². The Morgan fingerprint density at radius 2 is 1.63 bits per heavy atom. The highest BCUT2D eigenvalue weighted by Gasteiger charge is 2.34. The highest BCUT2D eigenvalue weighted by atomic mass is 35.5. The molecule has 0 unspecified atom stereocenters. The lowest BCUT2D eigenvalue weighted by molar-refractivity contribution is -0.137. The fraction of sp³-hybridized carbons (Fsp3) is 0.316. The maximum Gasteiger partial charge on any atom is 0.416 e. The number of ether oxygens (including phenoxy) is 2. The summed E-state index contributed by atoms with van der Waals surface area (Å²) >= 11 is 5.96. The van der Waals surface area contributed by atoms with Crippen LogP contribution in [0, 0.1) is 0 Å². The van der Waals surface area contributed by atoms with Crippen molar-refractivity contribution >= 4 is 23.2 Å². The summed E-state index contributed by atoms with van der Waals surface area (Å²) in [6, 6.07) is 7.92. The number of halogens is 4. The van der Waals surface area contributed by atoms with Gasteiger partial charge in [0.15, 0.2) is 11.5 Å². The molecule has 0 aliphatic carbocycles. The van der Waals surface area contributed by atoms with Crippen LogP contribution in [-0.4, -0.2) is 19.1 Å². The van der Waals surface area contributed by atoms with Crippen LogP contribution in [0.5, 0.6) is 11.5 Å². The largest absolute Gasteiger partial charge is 0.486 e. The monoisotopic (exact) mass is 399 g/mol. The Bertz CT molecular complexity index is 881. The molecule has 0 fully saturated rings. The molecule has 3 rings (SSSR count). The molecule has 1 amide bonds. The third kappa shape index (κ3) is 3.98. The van der Waals surface area contributed by atoms with E-state index in [-0.39, 0.29) is 10.7 Å². The third-order valence-electron chi connectivity index (χ3n) is 4.37. The molecule has 2 aromatic rings. The number of carbonyl (C=O) groups is 1. The van der Waals surface area contributed by atoms with Crippen molar-refractivity contribution in [3.63, 3.8) is 0 Å². The SMILES string of the molecule is CC(C)(C(=O)Nc1cc(C(F)(F)F)ccc1Cl)c1ccc2c(c1)OCCO2. The number of hydrogen-bond acceptors (Lipinski definition) is 3. The van der Waals surface area contributed by atoms with Crippen LogP contribution in [0.4, 0.5) is 18.9 Å². The summed E-state index contributed by atoms with van der Waals surface area (Å²) in [6.45, 7) is 4.18. The first-order valence-electron chi connectivity index (χ1n) is 8.17. The van der Waals surface area contributed by atoms with E-state index >= 15 is 0 Å². The van der Waals surface area contributed by atoms with Crippen LogP contribution in [0.25, 0.3) is 0 Å². The van der Waals surface area contributed by atoms with Gasteiger partial charge >= 0.3 is 6.18 Å². The topological polar surface area (TPSA) is 47.6 Å². The van der Waals surface area contributed by atoms with Crippen molar-refractivity contribution in [1.82, 2.24) is 0 Å². The van der Waals surface area contributed by atoms with Crippen LogP contribution in [-0.2, 0) is 16.4 Å². The van der Waals surface area contributed by atoms with Gasteiger partial charge in [0, 0.05) is 0 Å². The Morgan fingerprint density at radius 3 is 2.30 bits per heavy atom. The molecule has 1 N–H and O–H groups in total. The molecule has 1 heterocycles. The summed E-state index contributed by atoms with van der Waals surface area (Å²) in [5.74, 6) is 0.610. The summed E-state index contributed by atoms with van der Waals surface area (Å²) in [4.78, 5) is 12.8. The second-order valence-corrected chi connectivity index (χ2v) is 7.04. The summed E-state index contributed by atoms with van der Waals surface area (Å²) in [5, 5.41) is 2.52. The molecule has 1 aliphatic heterocycles. The van der Waals surface area contributed by atoms with Crippen LogP contribution in [0.3, 0.4) is 0 Å². The minimum atomic E-state index is -4.53. The second kappa shape index (κ2) is 6.96. The van der Waals surface area contributed by atoms with Gasteiger partial charge in [-0.15, -0.1) is 0 Å². The van der Waals surface area contributed by atoms with E-state index in [1.54, 1.807) is 32.0 Å². The number of carbonyl (C=O) groups excluding carboxylic acids is 1. The molecular formula is C19H17ClF3NO3. The van der Waals surface area contributed by atoms with Crippen molar-refractivity contribution in [3.05, 3.63) is 52.5 Å². The first-order valence-corrected chi connectivity index (χ1v) is 8.55. The molecule has 8 heteroatoms. The Morgan fingerprint density at radius 1 is 1.00 bits per heavy atom. The predicted octanol–water partition coefficient (Wildman–Crippen LogP) is 5.05. The maximum atomic E-state index is 12.9. The Balaban J connectivity index is 1.87. The number of amides is 1. The number of benzene rings is 2. The van der Waals surface area contributed by atoms with Crippen molar-refractivity contribution < 1.29 is 27.4 Å². The average molecular weight is 400 g/mol. The number of rotatable bonds is 3. The van der Waals surface area contributed by atoms with E-state index < -0.39 is 23.1 Å². The van der Waals surface area contributed by atoms with E-state index in [2.05, 4.69) is 5.32 Å². The van der Waals surface area contributed by atoms with Crippen molar-refractivity contribution in [3.8, 4) is 11.5 Å². The van der Waals surface area contributed by atoms with Crippen molar-refractivity contribution in [2.45, 2.75) is 25.4 Å². The van der Waals surface area contributed by atoms with Gasteiger partial charge in [-0.2, -0.15) is 13.2 Å². The molecule has 0 radical (unpaired) electrons. The van der Waals surface area contributed by atoms with Gasteiger partial charge in [0.05, 0.1) is 21.7 Å². The fourth-order valence-corrected chi connectivity index (χ4v) is 2.80. The molecule has 0 spiro atoms. The maximum absolute atomic E-state index is 12.9. The quantitative estimate of drug-likeness (QED) is 0.786. The zero-order valence-corrected chi connectivity index (χ0v) is 15.4. The first-order chi connectivity index (χ1) is 12.6. The van der Waals surface area contributed by atoms with E-state index in [1.807, 2.05) is 0 Å². The smallest absolute Gasteiger partial charge is 0.416 e. The minimum Gasteiger partial charge on any atom is -0.486 e. The summed E-state index contributed by atoms with van der Waals surface area (Å²) in [6.07, 6.45) is -4.53. The van der Waals surface area contributed by atoms with Crippen molar-refractivity contribution in [2.24, 2.45) is 0 Å². The summed E-state index contributed by atoms with van der Waals surface area (Å²) in [7, 11) is 0. The molecular weight excluding hydrogens is 383 g/mol. The highest BCUT2D eigenvalue weighted by molar-refractivity contribution is 6.33. The standard InChI is InChI=1S/C19H17ClF3NO3/c1-18(2,11-4-6-15-16(10-11)27-8-7-26-15)17(25)24-14-9-12(19(21,22)23)3-5-13(14)20/h3-6,9-10H,7-8H2,1-2H3,(H,24,25). The van der Waals surface area contributed by atoms with Gasteiger partial charge in [0.1, 0.15) is 13.2 Å². The lowest BCUT2D eigenvalue weighted by Gasteiger charge is -2.27. The highest BCUT2D eigenvalue weighted by Crippen LogP contribution is 2.37. The molecule has 2 aromatic carbocycles. The molecule has 0 saturated carbocycles.